The fourth-order valence-electron chi connectivity index (χ4n) is 3.02. The van der Waals surface area contributed by atoms with Crippen LogP contribution < -0.4 is 4.74 Å². The molecule has 1 saturated carbocycles. The van der Waals surface area contributed by atoms with E-state index in [1.165, 1.54) is 0 Å². The van der Waals surface area contributed by atoms with Crippen molar-refractivity contribution >= 4 is 35.1 Å². The lowest BCUT2D eigenvalue weighted by Gasteiger charge is -2.51. The van der Waals surface area contributed by atoms with Gasteiger partial charge in [-0.3, -0.25) is 9.59 Å². The zero-order valence-electron chi connectivity index (χ0n) is 10.1. The number of rotatable bonds is 0. The Morgan fingerprint density at radius 1 is 1.11 bits per heavy atom. The van der Waals surface area contributed by atoms with Crippen molar-refractivity contribution in [2.24, 2.45) is 5.92 Å². The highest BCUT2D eigenvalue weighted by atomic mass is 32.2. The molecule has 0 N–H and O–H groups in total. The summed E-state index contributed by atoms with van der Waals surface area (Å²) in [5.74, 6) is 1.93. The van der Waals surface area contributed by atoms with Gasteiger partial charge in [-0.25, -0.2) is 0 Å². The third-order valence-corrected chi connectivity index (χ3v) is 7.43. The molecule has 0 amide bonds. The second-order valence-electron chi connectivity index (χ2n) is 4.96. The number of carbonyl (C=O) groups is 2. The van der Waals surface area contributed by atoms with Gasteiger partial charge in [0.1, 0.15) is 9.83 Å². The van der Waals surface area contributed by atoms with Crippen LogP contribution in [0.3, 0.4) is 0 Å². The molecular weight excluding hydrogens is 280 g/mol. The molecule has 0 unspecified atom stereocenters. The topological polar surface area (TPSA) is 43.4 Å². The molecule has 3 aliphatic rings. The third kappa shape index (κ3) is 1.43. The Bertz CT molecular complexity index is 578. The number of hydrogen-bond donors (Lipinski definition) is 0. The van der Waals surface area contributed by atoms with Crippen molar-refractivity contribution in [1.29, 1.82) is 0 Å². The maximum atomic E-state index is 12.0. The first kappa shape index (κ1) is 11.9. The average Bonchev–Trinajstić information content (AvgIpc) is 2.47. The minimum atomic E-state index is -0.555. The highest BCUT2D eigenvalue weighted by molar-refractivity contribution is 8.18. The van der Waals surface area contributed by atoms with E-state index in [4.69, 9.17) is 4.74 Å². The molecule has 1 aliphatic carbocycles. The molecule has 1 aromatic carbocycles. The Morgan fingerprint density at radius 2 is 1.84 bits per heavy atom. The Balaban J connectivity index is 1.89. The number of ether oxygens (including phenoxy) is 1. The number of carbonyl (C=O) groups excluding carboxylic acids is 2. The summed E-state index contributed by atoms with van der Waals surface area (Å²) in [6.45, 7) is 0. The molecule has 0 radical (unpaired) electrons. The third-order valence-electron chi connectivity index (χ3n) is 3.93. The fraction of sp³-hybridized carbons (Fsp3) is 0.429. The first-order valence-electron chi connectivity index (χ1n) is 6.36. The Labute approximate surface area is 119 Å². The number of ketones is 2. The summed E-state index contributed by atoms with van der Waals surface area (Å²) in [5.41, 5.74) is 1.08. The highest BCUT2D eigenvalue weighted by Crippen LogP contribution is 2.63. The fourth-order valence-corrected chi connectivity index (χ4v) is 6.69. The van der Waals surface area contributed by atoms with E-state index < -0.39 is 6.10 Å². The van der Waals surface area contributed by atoms with Crippen LogP contribution in [0.1, 0.15) is 12.0 Å². The van der Waals surface area contributed by atoms with Crippen LogP contribution in [0, 0.1) is 5.92 Å². The molecule has 2 atom stereocenters. The lowest BCUT2D eigenvalue weighted by Crippen LogP contribution is -2.64. The van der Waals surface area contributed by atoms with Crippen LogP contribution in [-0.2, 0) is 13.7 Å². The van der Waals surface area contributed by atoms with Crippen LogP contribution in [0.25, 0.3) is 0 Å². The quantitative estimate of drug-likeness (QED) is 0.686. The normalized spacial score (nSPS) is 31.2. The van der Waals surface area contributed by atoms with Gasteiger partial charge in [0.2, 0.25) is 11.6 Å². The number of para-hydroxylation sites is 1. The number of Topliss-reactive ketones (excluding diaryl/α,β-unsaturated/α-hetero) is 2. The standard InChI is InChI=1S/C14H12O3S2/c15-11-10-13(12(11)16)17-9-5-2-1-4-8(9)14(10)18-6-3-7-19-14/h1-2,4-5,10,13H,3,6-7H2/t10-,13-/m1/s1. The van der Waals surface area contributed by atoms with E-state index in [0.29, 0.717) is 0 Å². The molecule has 5 heteroatoms. The maximum Gasteiger partial charge on any atom is 0.240 e. The first-order valence-corrected chi connectivity index (χ1v) is 8.33. The predicted octanol–water partition coefficient (Wildman–Crippen LogP) is 2.24. The molecule has 19 heavy (non-hydrogen) atoms. The van der Waals surface area contributed by atoms with E-state index in [0.717, 1.165) is 29.2 Å². The molecule has 2 fully saturated rings. The van der Waals surface area contributed by atoms with E-state index in [-0.39, 0.29) is 21.6 Å². The van der Waals surface area contributed by atoms with Gasteiger partial charge in [-0.1, -0.05) is 18.2 Å². The van der Waals surface area contributed by atoms with Crippen LogP contribution in [0.15, 0.2) is 24.3 Å². The summed E-state index contributed by atoms with van der Waals surface area (Å²) in [5, 5.41) is 0. The van der Waals surface area contributed by atoms with Crippen molar-refractivity contribution in [2.75, 3.05) is 11.5 Å². The van der Waals surface area contributed by atoms with Gasteiger partial charge in [-0.2, -0.15) is 0 Å². The molecule has 98 valence electrons. The van der Waals surface area contributed by atoms with Crippen LogP contribution >= 0.6 is 23.5 Å². The van der Waals surface area contributed by atoms with E-state index in [1.807, 2.05) is 47.8 Å². The van der Waals surface area contributed by atoms with Gasteiger partial charge in [0.05, 0.1) is 5.92 Å². The predicted molar refractivity (Wildman–Crippen MR) is 75.6 cm³/mol. The molecule has 1 spiro atoms. The maximum absolute atomic E-state index is 12.0. The summed E-state index contributed by atoms with van der Waals surface area (Å²) in [4.78, 5) is 23.8. The zero-order valence-corrected chi connectivity index (χ0v) is 11.8. The van der Waals surface area contributed by atoms with Crippen molar-refractivity contribution in [3.05, 3.63) is 29.8 Å². The van der Waals surface area contributed by atoms with Crippen molar-refractivity contribution in [3.63, 3.8) is 0 Å². The lowest BCUT2D eigenvalue weighted by atomic mass is 9.72. The number of fused-ring (bicyclic) bond motifs is 4. The van der Waals surface area contributed by atoms with Crippen molar-refractivity contribution < 1.29 is 14.3 Å². The smallest absolute Gasteiger partial charge is 0.240 e. The van der Waals surface area contributed by atoms with E-state index in [2.05, 4.69) is 0 Å². The SMILES string of the molecule is O=C1C(=O)[C@@H]2Oc3ccccc3C3(SCCCS3)[C@H]12. The summed E-state index contributed by atoms with van der Waals surface area (Å²) in [6.07, 6.45) is 0.597. The molecule has 2 heterocycles. The molecule has 0 aromatic heterocycles. The zero-order chi connectivity index (χ0) is 13.0. The van der Waals surface area contributed by atoms with Gasteiger partial charge in [0.25, 0.3) is 0 Å². The van der Waals surface area contributed by atoms with Gasteiger partial charge in [-0.15, -0.1) is 23.5 Å². The average molecular weight is 292 g/mol. The van der Waals surface area contributed by atoms with Gasteiger partial charge in [-0.05, 0) is 24.0 Å². The number of hydrogen-bond acceptors (Lipinski definition) is 5. The molecule has 1 saturated heterocycles. The van der Waals surface area contributed by atoms with Gasteiger partial charge < -0.3 is 4.74 Å². The van der Waals surface area contributed by atoms with Crippen molar-refractivity contribution in [2.45, 2.75) is 16.6 Å². The van der Waals surface area contributed by atoms with Crippen molar-refractivity contribution in [3.8, 4) is 5.75 Å². The second-order valence-corrected chi connectivity index (χ2v) is 7.90. The Hall–Kier alpha value is -0.940. The highest BCUT2D eigenvalue weighted by Gasteiger charge is 2.65. The lowest BCUT2D eigenvalue weighted by molar-refractivity contribution is -0.158. The second kappa shape index (κ2) is 4.03. The minimum absolute atomic E-state index is 0.249. The van der Waals surface area contributed by atoms with Crippen molar-refractivity contribution in [1.82, 2.24) is 0 Å². The Kier molecular flexibility index (Phi) is 2.51. The van der Waals surface area contributed by atoms with Gasteiger partial charge in [0, 0.05) is 5.56 Å². The molecular formula is C14H12O3S2. The van der Waals surface area contributed by atoms with Crippen LogP contribution in [0.5, 0.6) is 5.75 Å². The van der Waals surface area contributed by atoms with E-state index in [9.17, 15) is 9.59 Å². The van der Waals surface area contributed by atoms with Crippen LogP contribution in [0.4, 0.5) is 0 Å². The molecule has 2 aliphatic heterocycles. The van der Waals surface area contributed by atoms with Gasteiger partial charge in [0.15, 0.2) is 6.10 Å². The van der Waals surface area contributed by atoms with Crippen LogP contribution in [-0.4, -0.2) is 29.2 Å². The Morgan fingerprint density at radius 3 is 2.63 bits per heavy atom. The molecule has 4 rings (SSSR count). The number of benzene rings is 1. The summed E-state index contributed by atoms with van der Waals surface area (Å²) in [6, 6.07) is 7.83. The van der Waals surface area contributed by atoms with E-state index >= 15 is 0 Å². The number of thioether (sulfide) groups is 2. The van der Waals surface area contributed by atoms with Gasteiger partial charge >= 0.3 is 0 Å². The van der Waals surface area contributed by atoms with Crippen LogP contribution in [0.2, 0.25) is 0 Å². The summed E-state index contributed by atoms with van der Waals surface area (Å²) < 4.78 is 5.44. The first-order chi connectivity index (χ1) is 9.24. The minimum Gasteiger partial charge on any atom is -0.481 e. The summed E-state index contributed by atoms with van der Waals surface area (Å²) >= 11 is 3.62. The largest absolute Gasteiger partial charge is 0.481 e. The molecule has 3 nitrogen and oxygen atoms in total. The monoisotopic (exact) mass is 292 g/mol. The van der Waals surface area contributed by atoms with E-state index in [1.54, 1.807) is 0 Å². The molecule has 0 bridgehead atoms. The summed E-state index contributed by atoms with van der Waals surface area (Å²) in [7, 11) is 0. The molecule has 1 aromatic rings.